The minimum Gasteiger partial charge on any atom is -0.295 e. The molecule has 0 radical (unpaired) electrons. The number of hydrogen-bond acceptors (Lipinski definition) is 3. The van der Waals surface area contributed by atoms with E-state index >= 15 is 0 Å². The van der Waals surface area contributed by atoms with E-state index in [0.717, 1.165) is 22.7 Å². The van der Waals surface area contributed by atoms with Crippen molar-refractivity contribution in [2.45, 2.75) is 0 Å². The van der Waals surface area contributed by atoms with Gasteiger partial charge in [0.05, 0.1) is 5.52 Å². The van der Waals surface area contributed by atoms with Crippen molar-refractivity contribution in [3.8, 4) is 11.1 Å². The second kappa shape index (κ2) is 8.64. The van der Waals surface area contributed by atoms with E-state index < -0.39 is 0 Å². The number of hydrogen-bond donors (Lipinski definition) is 0. The number of para-hydroxylation sites is 1. The Bertz CT molecular complexity index is 2060. The van der Waals surface area contributed by atoms with Crippen molar-refractivity contribution < 1.29 is 0 Å². The van der Waals surface area contributed by atoms with E-state index in [-0.39, 0.29) is 0 Å². The first-order valence-electron chi connectivity index (χ1n) is 13.2. The molecular formula is C36H23N3. The number of rotatable bonds is 4. The van der Waals surface area contributed by atoms with Gasteiger partial charge in [0.15, 0.2) is 0 Å². The summed E-state index contributed by atoms with van der Waals surface area (Å²) in [6.45, 7) is 0. The van der Waals surface area contributed by atoms with Gasteiger partial charge in [0.2, 0.25) is 0 Å². The summed E-state index contributed by atoms with van der Waals surface area (Å²) in [6, 6.07) is 45.1. The molecule has 3 heteroatoms. The minimum atomic E-state index is 0.889. The fraction of sp³-hybridized carbons (Fsp3) is 0. The zero-order chi connectivity index (χ0) is 25.8. The second-order valence-corrected chi connectivity index (χ2v) is 9.89. The Balaban J connectivity index is 1.30. The number of anilines is 3. The summed E-state index contributed by atoms with van der Waals surface area (Å²) in [7, 11) is 0. The predicted molar refractivity (Wildman–Crippen MR) is 163 cm³/mol. The molecule has 3 nitrogen and oxygen atoms in total. The van der Waals surface area contributed by atoms with Gasteiger partial charge in [0, 0.05) is 34.5 Å². The SMILES string of the molecule is c1ccc(N(c2ccc(-c3ccc4ccc5cc6cccnc6c6ccc3c4c56)cc2)c2ccccn2)cc1. The molecule has 0 bridgehead atoms. The number of nitrogens with zero attached hydrogens (tertiary/aromatic N) is 3. The molecule has 0 saturated carbocycles. The predicted octanol–water partition coefficient (Wildman–Crippen LogP) is 9.66. The molecule has 0 unspecified atom stereocenters. The lowest BCUT2D eigenvalue weighted by Crippen LogP contribution is -2.11. The van der Waals surface area contributed by atoms with Crippen LogP contribution in [0.5, 0.6) is 0 Å². The van der Waals surface area contributed by atoms with Crippen LogP contribution in [0.15, 0.2) is 140 Å². The van der Waals surface area contributed by atoms with Crippen molar-refractivity contribution in [3.05, 3.63) is 140 Å². The molecule has 2 heterocycles. The molecule has 0 N–H and O–H groups in total. The van der Waals surface area contributed by atoms with Crippen LogP contribution in [0, 0.1) is 0 Å². The van der Waals surface area contributed by atoms with Gasteiger partial charge in [-0.2, -0.15) is 0 Å². The Morgan fingerprint density at radius 1 is 0.462 bits per heavy atom. The minimum absolute atomic E-state index is 0.889. The maximum absolute atomic E-state index is 4.73. The van der Waals surface area contributed by atoms with Gasteiger partial charge in [-0.15, -0.1) is 0 Å². The van der Waals surface area contributed by atoms with Crippen LogP contribution < -0.4 is 4.90 Å². The van der Waals surface area contributed by atoms with Crippen molar-refractivity contribution in [1.82, 2.24) is 9.97 Å². The summed E-state index contributed by atoms with van der Waals surface area (Å²) in [5.41, 5.74) is 5.62. The van der Waals surface area contributed by atoms with Crippen LogP contribution in [0.25, 0.3) is 54.3 Å². The number of benzene rings is 6. The number of pyridine rings is 2. The zero-order valence-corrected chi connectivity index (χ0v) is 21.1. The molecule has 8 aromatic rings. The summed E-state index contributed by atoms with van der Waals surface area (Å²) in [6.07, 6.45) is 3.72. The Labute approximate surface area is 226 Å². The van der Waals surface area contributed by atoms with Gasteiger partial charge in [0.1, 0.15) is 5.82 Å². The van der Waals surface area contributed by atoms with Gasteiger partial charge in [-0.25, -0.2) is 4.98 Å². The van der Waals surface area contributed by atoms with E-state index in [9.17, 15) is 0 Å². The number of fused-ring (bicyclic) bond motifs is 2. The highest BCUT2D eigenvalue weighted by Gasteiger charge is 2.16. The Kier molecular flexibility index (Phi) is 4.82. The Morgan fingerprint density at radius 2 is 1.18 bits per heavy atom. The Morgan fingerprint density at radius 3 is 2.03 bits per heavy atom. The topological polar surface area (TPSA) is 29.0 Å². The maximum Gasteiger partial charge on any atom is 0.137 e. The first kappa shape index (κ1) is 21.8. The third kappa shape index (κ3) is 3.44. The summed E-state index contributed by atoms with van der Waals surface area (Å²) in [5.74, 6) is 0.889. The average molecular weight is 498 g/mol. The van der Waals surface area contributed by atoms with E-state index in [1.807, 2.05) is 42.7 Å². The van der Waals surface area contributed by atoms with Crippen molar-refractivity contribution in [3.63, 3.8) is 0 Å². The van der Waals surface area contributed by atoms with Crippen LogP contribution >= 0.6 is 0 Å². The lowest BCUT2D eigenvalue weighted by molar-refractivity contribution is 1.18. The van der Waals surface area contributed by atoms with E-state index in [1.165, 1.54) is 48.8 Å². The van der Waals surface area contributed by atoms with Gasteiger partial charge in [-0.3, -0.25) is 9.88 Å². The summed E-state index contributed by atoms with van der Waals surface area (Å²) < 4.78 is 0. The maximum atomic E-state index is 4.73. The molecule has 0 aliphatic carbocycles. The standard InChI is InChI=1S/C36H23N3/c1-2-8-28(9-3-1)39(33-10-4-5-21-37-33)29-16-13-24(14-17-29)30-18-15-25-11-12-26-23-27-7-6-22-38-36(27)32-20-19-31(30)34(25)35(26)32/h1-23H. The van der Waals surface area contributed by atoms with Crippen LogP contribution in [-0.2, 0) is 0 Å². The first-order valence-corrected chi connectivity index (χ1v) is 13.2. The van der Waals surface area contributed by atoms with Gasteiger partial charge in [-0.1, -0.05) is 78.9 Å². The third-order valence-corrected chi connectivity index (χ3v) is 7.68. The molecular weight excluding hydrogens is 474 g/mol. The molecule has 0 amide bonds. The molecule has 0 atom stereocenters. The summed E-state index contributed by atoms with van der Waals surface area (Å²) >= 11 is 0. The van der Waals surface area contributed by atoms with Crippen molar-refractivity contribution >= 4 is 60.4 Å². The molecule has 6 aromatic carbocycles. The van der Waals surface area contributed by atoms with Gasteiger partial charge in [0.25, 0.3) is 0 Å². The van der Waals surface area contributed by atoms with Crippen molar-refractivity contribution in [1.29, 1.82) is 0 Å². The largest absolute Gasteiger partial charge is 0.295 e. The highest BCUT2D eigenvalue weighted by molar-refractivity contribution is 6.29. The van der Waals surface area contributed by atoms with E-state index in [1.54, 1.807) is 0 Å². The first-order chi connectivity index (χ1) is 19.3. The lowest BCUT2D eigenvalue weighted by Gasteiger charge is -2.24. The van der Waals surface area contributed by atoms with Gasteiger partial charge < -0.3 is 0 Å². The number of aromatic nitrogens is 2. The molecule has 0 fully saturated rings. The second-order valence-electron chi connectivity index (χ2n) is 9.89. The van der Waals surface area contributed by atoms with Crippen molar-refractivity contribution in [2.24, 2.45) is 0 Å². The molecule has 39 heavy (non-hydrogen) atoms. The summed E-state index contributed by atoms with van der Waals surface area (Å²) in [4.78, 5) is 11.6. The fourth-order valence-corrected chi connectivity index (χ4v) is 5.94. The highest BCUT2D eigenvalue weighted by atomic mass is 15.2. The average Bonchev–Trinajstić information content (AvgIpc) is 3.01. The zero-order valence-electron chi connectivity index (χ0n) is 21.1. The molecule has 0 spiro atoms. The molecule has 0 saturated heterocycles. The molecule has 8 rings (SSSR count). The molecule has 0 aliphatic heterocycles. The normalized spacial score (nSPS) is 11.6. The van der Waals surface area contributed by atoms with Crippen LogP contribution in [0.4, 0.5) is 17.2 Å². The van der Waals surface area contributed by atoms with Crippen LogP contribution in [0.2, 0.25) is 0 Å². The lowest BCUT2D eigenvalue weighted by atomic mass is 9.89. The Hall–Kier alpha value is -5.28. The smallest absolute Gasteiger partial charge is 0.137 e. The molecule has 2 aromatic heterocycles. The van der Waals surface area contributed by atoms with E-state index in [2.05, 4.69) is 107 Å². The fourth-order valence-electron chi connectivity index (χ4n) is 5.94. The van der Waals surface area contributed by atoms with Crippen LogP contribution in [0.1, 0.15) is 0 Å². The molecule has 182 valence electrons. The highest BCUT2D eigenvalue weighted by Crippen LogP contribution is 2.42. The quantitative estimate of drug-likeness (QED) is 0.179. The van der Waals surface area contributed by atoms with Gasteiger partial charge in [-0.05, 0) is 86.6 Å². The van der Waals surface area contributed by atoms with Gasteiger partial charge >= 0.3 is 0 Å². The monoisotopic (exact) mass is 497 g/mol. The van der Waals surface area contributed by atoms with E-state index in [0.29, 0.717) is 0 Å². The van der Waals surface area contributed by atoms with Crippen LogP contribution in [-0.4, -0.2) is 9.97 Å². The summed E-state index contributed by atoms with van der Waals surface area (Å²) in [5, 5.41) is 8.75. The molecule has 0 aliphatic rings. The van der Waals surface area contributed by atoms with Crippen molar-refractivity contribution in [2.75, 3.05) is 4.90 Å². The van der Waals surface area contributed by atoms with E-state index in [4.69, 9.17) is 4.98 Å². The third-order valence-electron chi connectivity index (χ3n) is 7.68. The van der Waals surface area contributed by atoms with Crippen LogP contribution in [0.3, 0.4) is 0 Å².